The minimum Gasteiger partial charge on any atom is -0.545 e. The molecule has 0 aliphatic carbocycles. The highest BCUT2D eigenvalue weighted by atomic mass is 35.5. The summed E-state index contributed by atoms with van der Waals surface area (Å²) in [4.78, 5) is 24.0. The molecular formula is C23H14ClO5-. The van der Waals surface area contributed by atoms with Crippen molar-refractivity contribution in [2.24, 2.45) is 0 Å². The third-order valence-electron chi connectivity index (χ3n) is 4.42. The number of halogens is 1. The zero-order chi connectivity index (χ0) is 20.4. The van der Waals surface area contributed by atoms with Gasteiger partial charge in [-0.2, -0.15) is 0 Å². The van der Waals surface area contributed by atoms with Crippen LogP contribution in [-0.2, 0) is 6.61 Å². The van der Waals surface area contributed by atoms with Gasteiger partial charge < -0.3 is 19.1 Å². The third kappa shape index (κ3) is 3.86. The van der Waals surface area contributed by atoms with Crippen molar-refractivity contribution in [3.05, 3.63) is 99.2 Å². The maximum Gasteiger partial charge on any atom is 0.235 e. The molecule has 0 fully saturated rings. The molecule has 0 saturated heterocycles. The van der Waals surface area contributed by atoms with Crippen LogP contribution in [0, 0.1) is 0 Å². The molecule has 1 heterocycles. The lowest BCUT2D eigenvalue weighted by molar-refractivity contribution is -0.255. The van der Waals surface area contributed by atoms with Crippen molar-refractivity contribution < 1.29 is 19.1 Å². The number of ether oxygens (including phenoxy) is 1. The molecule has 0 aliphatic rings. The summed E-state index contributed by atoms with van der Waals surface area (Å²) < 4.78 is 11.8. The van der Waals surface area contributed by atoms with Crippen LogP contribution in [0.1, 0.15) is 15.9 Å². The number of carbonyl (C=O) groups is 1. The van der Waals surface area contributed by atoms with E-state index in [1.54, 1.807) is 30.3 Å². The van der Waals surface area contributed by atoms with E-state index < -0.39 is 5.97 Å². The van der Waals surface area contributed by atoms with Gasteiger partial charge in [0.2, 0.25) is 11.2 Å². The number of carboxylic acid groups (broad SMARTS) is 1. The van der Waals surface area contributed by atoms with Crippen molar-refractivity contribution in [1.29, 1.82) is 0 Å². The second kappa shape index (κ2) is 7.81. The van der Waals surface area contributed by atoms with Gasteiger partial charge in [-0.05, 0) is 29.3 Å². The molecule has 0 amide bonds. The average Bonchev–Trinajstić information content (AvgIpc) is 2.74. The second-order valence-corrected chi connectivity index (χ2v) is 6.81. The summed E-state index contributed by atoms with van der Waals surface area (Å²) in [5.41, 5.74) is 1.53. The number of carbonyl (C=O) groups excluding carboxylic acids is 1. The number of hydrogen-bond donors (Lipinski definition) is 0. The molecule has 0 N–H and O–H groups in total. The van der Waals surface area contributed by atoms with Crippen molar-refractivity contribution in [2.75, 3.05) is 0 Å². The molecule has 4 rings (SSSR count). The molecule has 3 aromatic carbocycles. The Morgan fingerprint density at radius 2 is 1.72 bits per heavy atom. The number of hydrogen-bond acceptors (Lipinski definition) is 5. The molecular weight excluding hydrogens is 392 g/mol. The molecule has 0 radical (unpaired) electrons. The van der Waals surface area contributed by atoms with Crippen LogP contribution < -0.4 is 15.3 Å². The molecule has 0 bridgehead atoms. The fraction of sp³-hybridized carbons (Fsp3) is 0.0435. The van der Waals surface area contributed by atoms with Crippen LogP contribution in [0.3, 0.4) is 0 Å². The topological polar surface area (TPSA) is 79.6 Å². The van der Waals surface area contributed by atoms with Crippen LogP contribution in [0.5, 0.6) is 5.75 Å². The van der Waals surface area contributed by atoms with Crippen LogP contribution in [0.4, 0.5) is 0 Å². The first-order valence-electron chi connectivity index (χ1n) is 8.78. The number of carboxylic acids is 1. The SMILES string of the molecule is O=C([O-])c1ccc(COc2c(-c3ccccc3)oc3ccc(Cl)cc3c2=O)cc1. The van der Waals surface area contributed by atoms with Gasteiger partial charge in [0.1, 0.15) is 12.2 Å². The summed E-state index contributed by atoms with van der Waals surface area (Å²) in [5, 5.41) is 11.6. The van der Waals surface area contributed by atoms with E-state index in [0.717, 1.165) is 0 Å². The molecule has 0 unspecified atom stereocenters. The Kier molecular flexibility index (Phi) is 5.06. The number of fused-ring (bicyclic) bond motifs is 1. The van der Waals surface area contributed by atoms with Crippen LogP contribution in [0.2, 0.25) is 5.02 Å². The zero-order valence-corrected chi connectivity index (χ0v) is 15.8. The van der Waals surface area contributed by atoms with Crippen LogP contribution in [-0.4, -0.2) is 5.97 Å². The first-order chi connectivity index (χ1) is 14.0. The summed E-state index contributed by atoms with van der Waals surface area (Å²) in [7, 11) is 0. The summed E-state index contributed by atoms with van der Waals surface area (Å²) in [5.74, 6) is -0.873. The van der Waals surface area contributed by atoms with E-state index in [1.165, 1.54) is 12.1 Å². The van der Waals surface area contributed by atoms with Crippen LogP contribution in [0.25, 0.3) is 22.3 Å². The monoisotopic (exact) mass is 405 g/mol. The Labute approximate surface area is 170 Å². The molecule has 0 saturated carbocycles. The van der Waals surface area contributed by atoms with E-state index in [-0.39, 0.29) is 23.3 Å². The minimum atomic E-state index is -1.25. The Hall–Kier alpha value is -3.57. The number of aromatic carboxylic acids is 1. The first kappa shape index (κ1) is 18.8. The fourth-order valence-electron chi connectivity index (χ4n) is 2.95. The van der Waals surface area contributed by atoms with E-state index in [9.17, 15) is 14.7 Å². The van der Waals surface area contributed by atoms with Crippen molar-refractivity contribution >= 4 is 28.5 Å². The van der Waals surface area contributed by atoms with Gasteiger partial charge >= 0.3 is 0 Å². The third-order valence-corrected chi connectivity index (χ3v) is 4.65. The van der Waals surface area contributed by atoms with Gasteiger partial charge in [-0.3, -0.25) is 4.79 Å². The first-order valence-corrected chi connectivity index (χ1v) is 9.15. The lowest BCUT2D eigenvalue weighted by atomic mass is 10.1. The molecule has 5 nitrogen and oxygen atoms in total. The largest absolute Gasteiger partial charge is 0.545 e. The van der Waals surface area contributed by atoms with Gasteiger partial charge in [-0.1, -0.05) is 66.2 Å². The molecule has 0 aliphatic heterocycles. The summed E-state index contributed by atoms with van der Waals surface area (Å²) in [6.45, 7) is 0.0595. The van der Waals surface area contributed by atoms with Crippen LogP contribution in [0.15, 0.2) is 82.0 Å². The maximum atomic E-state index is 13.1. The summed E-state index contributed by atoms with van der Waals surface area (Å²) in [6.07, 6.45) is 0. The Morgan fingerprint density at radius 1 is 1.00 bits per heavy atom. The van der Waals surface area contributed by atoms with Crippen LogP contribution >= 0.6 is 11.6 Å². The van der Waals surface area contributed by atoms with Gasteiger partial charge in [-0.15, -0.1) is 0 Å². The number of benzene rings is 3. The molecule has 1 aromatic heterocycles. The van der Waals surface area contributed by atoms with E-state index in [1.807, 2.05) is 30.3 Å². The summed E-state index contributed by atoms with van der Waals surface area (Å²) in [6, 6.07) is 20.1. The quantitative estimate of drug-likeness (QED) is 0.500. The lowest BCUT2D eigenvalue weighted by Crippen LogP contribution is -2.22. The lowest BCUT2D eigenvalue weighted by Gasteiger charge is -2.12. The molecule has 4 aromatic rings. The predicted octanol–water partition coefficient (Wildman–Crippen LogP) is 4.06. The van der Waals surface area contributed by atoms with Crippen molar-refractivity contribution in [1.82, 2.24) is 0 Å². The van der Waals surface area contributed by atoms with E-state index in [0.29, 0.717) is 32.9 Å². The van der Waals surface area contributed by atoms with Gasteiger partial charge in [0.15, 0.2) is 5.76 Å². The highest BCUT2D eigenvalue weighted by Gasteiger charge is 2.18. The predicted molar refractivity (Wildman–Crippen MR) is 108 cm³/mol. The molecule has 0 spiro atoms. The highest BCUT2D eigenvalue weighted by Crippen LogP contribution is 2.32. The Balaban J connectivity index is 1.77. The van der Waals surface area contributed by atoms with E-state index in [2.05, 4.69) is 0 Å². The van der Waals surface area contributed by atoms with E-state index in [4.69, 9.17) is 20.8 Å². The van der Waals surface area contributed by atoms with Gasteiger partial charge in [0.25, 0.3) is 0 Å². The Morgan fingerprint density at radius 3 is 2.41 bits per heavy atom. The van der Waals surface area contributed by atoms with Gasteiger partial charge in [0, 0.05) is 10.6 Å². The summed E-state index contributed by atoms with van der Waals surface area (Å²) >= 11 is 6.04. The standard InChI is InChI=1S/C23H15ClO5/c24-17-10-11-19-18(12-17)20(25)22(21(29-19)15-4-2-1-3-5-15)28-13-14-6-8-16(9-7-14)23(26)27/h1-12H,13H2,(H,26,27)/p-1. The van der Waals surface area contributed by atoms with Crippen molar-refractivity contribution in [3.63, 3.8) is 0 Å². The minimum absolute atomic E-state index is 0.0595. The van der Waals surface area contributed by atoms with E-state index >= 15 is 0 Å². The normalized spacial score (nSPS) is 10.8. The maximum absolute atomic E-state index is 13.1. The second-order valence-electron chi connectivity index (χ2n) is 6.37. The molecule has 29 heavy (non-hydrogen) atoms. The smallest absolute Gasteiger partial charge is 0.235 e. The molecule has 144 valence electrons. The fourth-order valence-corrected chi connectivity index (χ4v) is 3.13. The highest BCUT2D eigenvalue weighted by molar-refractivity contribution is 6.31. The molecule has 0 atom stereocenters. The Bertz CT molecular complexity index is 1240. The van der Waals surface area contributed by atoms with Crippen molar-refractivity contribution in [3.8, 4) is 17.1 Å². The number of rotatable bonds is 5. The van der Waals surface area contributed by atoms with Gasteiger partial charge in [-0.25, -0.2) is 0 Å². The zero-order valence-electron chi connectivity index (χ0n) is 15.1. The van der Waals surface area contributed by atoms with Crippen molar-refractivity contribution in [2.45, 2.75) is 6.61 Å². The molecule has 6 heteroatoms. The van der Waals surface area contributed by atoms with Gasteiger partial charge in [0.05, 0.1) is 11.4 Å². The average molecular weight is 406 g/mol.